The normalized spacial score (nSPS) is 22.0. The largest absolute Gasteiger partial charge is 0.463 e. The maximum absolute atomic E-state index is 12.9. The van der Waals surface area contributed by atoms with Gasteiger partial charge in [-0.05, 0) is 43.4 Å². The van der Waals surface area contributed by atoms with E-state index in [4.69, 9.17) is 10.2 Å². The predicted octanol–water partition coefficient (Wildman–Crippen LogP) is 2.15. The van der Waals surface area contributed by atoms with Gasteiger partial charge < -0.3 is 15.1 Å². The molecule has 3 heterocycles. The molecule has 134 valence electrons. The molecule has 0 radical (unpaired) electrons. The number of hydrogen-bond acceptors (Lipinski definition) is 5. The summed E-state index contributed by atoms with van der Waals surface area (Å²) in [7, 11) is 0. The number of likely N-dealkylation sites (tertiary alicyclic amines) is 1. The average Bonchev–Trinajstić information content (AvgIpc) is 3.09. The van der Waals surface area contributed by atoms with E-state index >= 15 is 0 Å². The number of nitrogen functional groups attached to an aromatic ring is 1. The quantitative estimate of drug-likeness (QED) is 0.920. The molecule has 3 rings (SSSR count). The van der Waals surface area contributed by atoms with Crippen molar-refractivity contribution in [1.29, 1.82) is 0 Å². The van der Waals surface area contributed by atoms with Crippen LogP contribution in [0.3, 0.4) is 0 Å². The van der Waals surface area contributed by atoms with Crippen LogP contribution in [0.1, 0.15) is 33.2 Å². The van der Waals surface area contributed by atoms with Gasteiger partial charge in [-0.25, -0.2) is 4.68 Å². The standard InChI is InChI=1S/C18H24N4O3/c1-11-7-12(2)10-21(9-11)17(23)13(3)22-18(24)14(19)8-15(20-22)16-5-4-6-25-16/h4-6,8,11-13H,7,9-10,19H2,1-3H3/t11-,12+,13-/m0/s1. The van der Waals surface area contributed by atoms with Gasteiger partial charge in [0.1, 0.15) is 17.4 Å². The number of furan rings is 1. The van der Waals surface area contributed by atoms with Crippen LogP contribution in [0, 0.1) is 11.8 Å². The Balaban J connectivity index is 1.92. The molecule has 2 N–H and O–H groups in total. The third kappa shape index (κ3) is 3.45. The number of rotatable bonds is 3. The highest BCUT2D eigenvalue weighted by molar-refractivity contribution is 5.80. The number of nitrogens with two attached hydrogens (primary N) is 1. The molecule has 1 fully saturated rings. The van der Waals surface area contributed by atoms with E-state index in [-0.39, 0.29) is 11.6 Å². The Bertz CT molecular complexity index is 802. The average molecular weight is 344 g/mol. The first-order chi connectivity index (χ1) is 11.9. The fraction of sp³-hybridized carbons (Fsp3) is 0.500. The van der Waals surface area contributed by atoms with Gasteiger partial charge in [-0.15, -0.1) is 0 Å². The summed E-state index contributed by atoms with van der Waals surface area (Å²) in [6.07, 6.45) is 2.63. The molecule has 0 saturated carbocycles. The van der Waals surface area contributed by atoms with E-state index < -0.39 is 11.6 Å². The number of piperidine rings is 1. The molecule has 7 nitrogen and oxygen atoms in total. The second-order valence-electron chi connectivity index (χ2n) is 7.08. The van der Waals surface area contributed by atoms with Crippen molar-refractivity contribution in [3.05, 3.63) is 34.8 Å². The summed E-state index contributed by atoms with van der Waals surface area (Å²) in [6, 6.07) is 4.22. The van der Waals surface area contributed by atoms with Crippen LogP contribution >= 0.6 is 0 Å². The molecule has 7 heteroatoms. The molecule has 2 aromatic heterocycles. The topological polar surface area (TPSA) is 94.4 Å². The van der Waals surface area contributed by atoms with Crippen LogP contribution in [0.2, 0.25) is 0 Å². The highest BCUT2D eigenvalue weighted by Crippen LogP contribution is 2.24. The monoisotopic (exact) mass is 344 g/mol. The lowest BCUT2D eigenvalue weighted by molar-refractivity contribution is -0.137. The molecule has 1 saturated heterocycles. The lowest BCUT2D eigenvalue weighted by Gasteiger charge is -2.36. The Morgan fingerprint density at radius 3 is 2.64 bits per heavy atom. The van der Waals surface area contributed by atoms with Gasteiger partial charge in [-0.2, -0.15) is 5.10 Å². The fourth-order valence-electron chi connectivity index (χ4n) is 3.55. The van der Waals surface area contributed by atoms with E-state index in [1.807, 2.05) is 4.90 Å². The van der Waals surface area contributed by atoms with Crippen molar-refractivity contribution >= 4 is 11.6 Å². The van der Waals surface area contributed by atoms with Crippen LogP contribution in [0.4, 0.5) is 5.69 Å². The first-order valence-electron chi connectivity index (χ1n) is 8.58. The summed E-state index contributed by atoms with van der Waals surface area (Å²) >= 11 is 0. The number of nitrogens with zero attached hydrogens (tertiary/aromatic N) is 3. The molecular weight excluding hydrogens is 320 g/mol. The number of aromatic nitrogens is 2. The lowest BCUT2D eigenvalue weighted by atomic mass is 9.91. The zero-order valence-electron chi connectivity index (χ0n) is 14.8. The van der Waals surface area contributed by atoms with Crippen LogP contribution in [-0.4, -0.2) is 33.7 Å². The summed E-state index contributed by atoms with van der Waals surface area (Å²) in [5, 5.41) is 4.31. The highest BCUT2D eigenvalue weighted by Gasteiger charge is 2.30. The minimum absolute atomic E-state index is 0.0430. The van der Waals surface area contributed by atoms with Crippen LogP contribution in [0.25, 0.3) is 11.5 Å². The third-order valence-corrected chi connectivity index (χ3v) is 4.64. The van der Waals surface area contributed by atoms with Crippen molar-refractivity contribution in [3.8, 4) is 11.5 Å². The molecule has 1 amide bonds. The summed E-state index contributed by atoms with van der Waals surface area (Å²) in [5.74, 6) is 1.29. The Kier molecular flexibility index (Phi) is 4.65. The maximum atomic E-state index is 12.9. The molecule has 25 heavy (non-hydrogen) atoms. The number of anilines is 1. The zero-order valence-corrected chi connectivity index (χ0v) is 14.8. The van der Waals surface area contributed by atoms with Crippen molar-refractivity contribution < 1.29 is 9.21 Å². The third-order valence-electron chi connectivity index (χ3n) is 4.64. The highest BCUT2D eigenvalue weighted by atomic mass is 16.3. The Morgan fingerprint density at radius 1 is 1.36 bits per heavy atom. The van der Waals surface area contributed by atoms with Gasteiger partial charge in [0.25, 0.3) is 5.56 Å². The van der Waals surface area contributed by atoms with Gasteiger partial charge >= 0.3 is 0 Å². The summed E-state index contributed by atoms with van der Waals surface area (Å²) in [4.78, 5) is 27.2. The minimum Gasteiger partial charge on any atom is -0.463 e. The number of carbonyl (C=O) groups is 1. The summed E-state index contributed by atoms with van der Waals surface area (Å²) in [6.45, 7) is 7.37. The second-order valence-corrected chi connectivity index (χ2v) is 7.08. The number of amides is 1. The smallest absolute Gasteiger partial charge is 0.290 e. The molecule has 2 aromatic rings. The van der Waals surface area contributed by atoms with Crippen molar-refractivity contribution in [2.24, 2.45) is 11.8 Å². The zero-order chi connectivity index (χ0) is 18.1. The summed E-state index contributed by atoms with van der Waals surface area (Å²) in [5.41, 5.74) is 5.86. The Morgan fingerprint density at radius 2 is 2.04 bits per heavy atom. The fourth-order valence-corrected chi connectivity index (χ4v) is 3.55. The van der Waals surface area contributed by atoms with E-state index in [0.717, 1.165) is 6.42 Å². The number of carbonyl (C=O) groups excluding carboxylic acids is 1. The molecule has 0 aliphatic carbocycles. The number of hydrogen-bond donors (Lipinski definition) is 1. The molecular formula is C18H24N4O3. The SMILES string of the molecule is C[C@@H]1C[C@H](C)CN(C(=O)[C@H](C)n2nc(-c3ccco3)cc(N)c2=O)C1. The van der Waals surface area contributed by atoms with Crippen molar-refractivity contribution in [2.75, 3.05) is 18.8 Å². The molecule has 1 aliphatic rings. The van der Waals surface area contributed by atoms with E-state index in [2.05, 4.69) is 18.9 Å². The minimum atomic E-state index is -0.720. The van der Waals surface area contributed by atoms with Gasteiger partial charge in [0, 0.05) is 13.1 Å². The van der Waals surface area contributed by atoms with Crippen LogP contribution in [0.15, 0.2) is 33.7 Å². The Labute approximate surface area is 146 Å². The van der Waals surface area contributed by atoms with Crippen LogP contribution < -0.4 is 11.3 Å². The first-order valence-corrected chi connectivity index (χ1v) is 8.58. The van der Waals surface area contributed by atoms with Gasteiger partial charge in [-0.3, -0.25) is 9.59 Å². The van der Waals surface area contributed by atoms with E-state index in [1.165, 1.54) is 17.0 Å². The van der Waals surface area contributed by atoms with Crippen molar-refractivity contribution in [1.82, 2.24) is 14.7 Å². The molecule has 3 atom stereocenters. The van der Waals surface area contributed by atoms with Crippen LogP contribution in [0.5, 0.6) is 0 Å². The first kappa shape index (κ1) is 17.3. The van der Waals surface area contributed by atoms with Gasteiger partial charge in [0.2, 0.25) is 5.91 Å². The van der Waals surface area contributed by atoms with Crippen molar-refractivity contribution in [3.63, 3.8) is 0 Å². The van der Waals surface area contributed by atoms with E-state index in [9.17, 15) is 9.59 Å². The predicted molar refractivity (Wildman–Crippen MR) is 94.8 cm³/mol. The summed E-state index contributed by atoms with van der Waals surface area (Å²) < 4.78 is 6.49. The van der Waals surface area contributed by atoms with E-state index in [0.29, 0.717) is 36.4 Å². The van der Waals surface area contributed by atoms with Gasteiger partial charge in [0.05, 0.1) is 6.26 Å². The molecule has 0 unspecified atom stereocenters. The van der Waals surface area contributed by atoms with Crippen LogP contribution in [-0.2, 0) is 4.79 Å². The Hall–Kier alpha value is -2.57. The van der Waals surface area contributed by atoms with Gasteiger partial charge in [0.15, 0.2) is 5.76 Å². The molecule has 1 aliphatic heterocycles. The molecule has 0 aromatic carbocycles. The van der Waals surface area contributed by atoms with Gasteiger partial charge in [-0.1, -0.05) is 13.8 Å². The van der Waals surface area contributed by atoms with E-state index in [1.54, 1.807) is 19.1 Å². The second kappa shape index (κ2) is 6.74. The maximum Gasteiger partial charge on any atom is 0.290 e. The lowest BCUT2D eigenvalue weighted by Crippen LogP contribution is -2.47. The molecule has 0 bridgehead atoms. The molecule has 0 spiro atoms. The van der Waals surface area contributed by atoms with Crippen molar-refractivity contribution in [2.45, 2.75) is 33.2 Å².